The molecule has 1 aromatic carbocycles. The Bertz CT molecular complexity index is 340. The fraction of sp³-hybridized carbons (Fsp3) is 0.300. The Labute approximate surface area is 81.4 Å². The minimum atomic E-state index is -1.17. The van der Waals surface area contributed by atoms with E-state index in [1.165, 1.54) is 6.07 Å². The fourth-order valence-corrected chi connectivity index (χ4v) is 1.30. The van der Waals surface area contributed by atoms with Gasteiger partial charge in [-0.15, -0.1) is 0 Å². The molecule has 4 heteroatoms. The van der Waals surface area contributed by atoms with Gasteiger partial charge >= 0.3 is 5.97 Å². The van der Waals surface area contributed by atoms with Crippen LogP contribution >= 0.6 is 0 Å². The van der Waals surface area contributed by atoms with Crippen molar-refractivity contribution in [1.82, 2.24) is 0 Å². The molecule has 1 rings (SSSR count). The number of aromatic carboxylic acids is 1. The Morgan fingerprint density at radius 3 is 2.64 bits per heavy atom. The molecular formula is C10H12FNO2. The molecule has 0 saturated carbocycles. The summed E-state index contributed by atoms with van der Waals surface area (Å²) in [4.78, 5) is 10.6. The van der Waals surface area contributed by atoms with Gasteiger partial charge in [0, 0.05) is 11.3 Å². The molecule has 14 heavy (non-hydrogen) atoms. The van der Waals surface area contributed by atoms with Crippen molar-refractivity contribution in [1.29, 1.82) is 0 Å². The molecule has 0 unspecified atom stereocenters. The molecule has 3 nitrogen and oxygen atoms in total. The number of nitrogen functional groups attached to an aromatic ring is 1. The number of hydrogen-bond donors (Lipinski definition) is 2. The molecule has 0 aromatic heterocycles. The maximum Gasteiger partial charge on any atom is 0.335 e. The van der Waals surface area contributed by atoms with Crippen LogP contribution in [-0.2, 0) is 6.42 Å². The lowest BCUT2D eigenvalue weighted by Gasteiger charge is -2.06. The maximum absolute atomic E-state index is 13.3. The van der Waals surface area contributed by atoms with Crippen LogP contribution in [0.25, 0.3) is 0 Å². The second-order valence-corrected chi connectivity index (χ2v) is 3.08. The molecule has 0 aliphatic carbocycles. The van der Waals surface area contributed by atoms with Gasteiger partial charge in [-0.05, 0) is 18.6 Å². The van der Waals surface area contributed by atoms with Crippen molar-refractivity contribution in [3.8, 4) is 0 Å². The molecule has 3 N–H and O–H groups in total. The average Bonchev–Trinajstić information content (AvgIpc) is 2.10. The van der Waals surface area contributed by atoms with E-state index in [0.717, 1.165) is 12.5 Å². The quantitative estimate of drug-likeness (QED) is 0.729. The van der Waals surface area contributed by atoms with Crippen LogP contribution in [0.2, 0.25) is 0 Å². The Kier molecular flexibility index (Phi) is 3.06. The van der Waals surface area contributed by atoms with Crippen LogP contribution in [0.3, 0.4) is 0 Å². The Hall–Kier alpha value is -1.58. The minimum Gasteiger partial charge on any atom is -0.478 e. The Morgan fingerprint density at radius 2 is 2.21 bits per heavy atom. The first kappa shape index (κ1) is 10.5. The monoisotopic (exact) mass is 197 g/mol. The number of anilines is 1. The van der Waals surface area contributed by atoms with Crippen LogP contribution in [0, 0.1) is 5.82 Å². The van der Waals surface area contributed by atoms with E-state index in [2.05, 4.69) is 0 Å². The van der Waals surface area contributed by atoms with Crippen LogP contribution in [0.1, 0.15) is 29.3 Å². The maximum atomic E-state index is 13.3. The normalized spacial score (nSPS) is 10.1. The van der Waals surface area contributed by atoms with Crippen molar-refractivity contribution >= 4 is 11.7 Å². The van der Waals surface area contributed by atoms with Crippen LogP contribution < -0.4 is 5.73 Å². The van der Waals surface area contributed by atoms with E-state index in [-0.39, 0.29) is 11.3 Å². The highest BCUT2D eigenvalue weighted by Crippen LogP contribution is 2.20. The van der Waals surface area contributed by atoms with E-state index in [1.54, 1.807) is 0 Å². The van der Waals surface area contributed by atoms with Crippen molar-refractivity contribution in [2.75, 3.05) is 5.73 Å². The van der Waals surface area contributed by atoms with Crippen LogP contribution in [0.5, 0.6) is 0 Å². The fourth-order valence-electron chi connectivity index (χ4n) is 1.30. The summed E-state index contributed by atoms with van der Waals surface area (Å²) in [6, 6.07) is 2.29. The molecule has 0 amide bonds. The molecule has 0 aliphatic heterocycles. The second-order valence-electron chi connectivity index (χ2n) is 3.08. The molecule has 76 valence electrons. The lowest BCUT2D eigenvalue weighted by molar-refractivity contribution is 0.0696. The summed E-state index contributed by atoms with van der Waals surface area (Å²) in [5, 5.41) is 8.63. The van der Waals surface area contributed by atoms with E-state index in [1.807, 2.05) is 6.92 Å². The number of rotatable bonds is 3. The average molecular weight is 197 g/mol. The van der Waals surface area contributed by atoms with Crippen molar-refractivity contribution in [2.45, 2.75) is 19.8 Å². The largest absolute Gasteiger partial charge is 0.478 e. The smallest absolute Gasteiger partial charge is 0.335 e. The molecule has 0 saturated heterocycles. The summed E-state index contributed by atoms with van der Waals surface area (Å²) in [5.41, 5.74) is 6.04. The zero-order valence-electron chi connectivity index (χ0n) is 7.88. The zero-order chi connectivity index (χ0) is 10.7. The van der Waals surface area contributed by atoms with Crippen LogP contribution in [0.15, 0.2) is 12.1 Å². The standard InChI is InChI=1S/C10H12FNO2/c1-2-3-7-8(11)4-6(10(13)14)5-9(7)12/h4-5H,2-3,12H2,1H3,(H,13,14). The molecule has 0 fully saturated rings. The van der Waals surface area contributed by atoms with Crippen LogP contribution in [0.4, 0.5) is 10.1 Å². The van der Waals surface area contributed by atoms with Gasteiger partial charge in [0.1, 0.15) is 5.82 Å². The van der Waals surface area contributed by atoms with E-state index in [4.69, 9.17) is 10.8 Å². The first-order valence-corrected chi connectivity index (χ1v) is 4.37. The van der Waals surface area contributed by atoms with Gasteiger partial charge in [0.25, 0.3) is 0 Å². The van der Waals surface area contributed by atoms with Gasteiger partial charge in [0.15, 0.2) is 0 Å². The molecule has 0 bridgehead atoms. The van der Waals surface area contributed by atoms with E-state index < -0.39 is 11.8 Å². The van der Waals surface area contributed by atoms with E-state index >= 15 is 0 Å². The predicted molar refractivity (Wildman–Crippen MR) is 51.8 cm³/mol. The van der Waals surface area contributed by atoms with Gasteiger partial charge < -0.3 is 10.8 Å². The molecule has 0 radical (unpaired) electrons. The van der Waals surface area contributed by atoms with Gasteiger partial charge in [0.05, 0.1) is 5.56 Å². The van der Waals surface area contributed by atoms with Crippen molar-refractivity contribution < 1.29 is 14.3 Å². The predicted octanol–water partition coefficient (Wildman–Crippen LogP) is 2.06. The molecule has 0 heterocycles. The summed E-state index contributed by atoms with van der Waals surface area (Å²) in [6.07, 6.45) is 1.30. The third kappa shape index (κ3) is 2.02. The molecular weight excluding hydrogens is 185 g/mol. The van der Waals surface area contributed by atoms with E-state index in [0.29, 0.717) is 12.0 Å². The highest BCUT2D eigenvalue weighted by molar-refractivity contribution is 5.89. The van der Waals surface area contributed by atoms with E-state index in [9.17, 15) is 9.18 Å². The number of carboxylic acid groups (broad SMARTS) is 1. The highest BCUT2D eigenvalue weighted by atomic mass is 19.1. The van der Waals surface area contributed by atoms with Crippen molar-refractivity contribution in [3.05, 3.63) is 29.1 Å². The zero-order valence-corrected chi connectivity index (χ0v) is 7.88. The first-order chi connectivity index (χ1) is 6.56. The van der Waals surface area contributed by atoms with Gasteiger partial charge in [-0.3, -0.25) is 0 Å². The second kappa shape index (κ2) is 4.09. The molecule has 0 atom stereocenters. The SMILES string of the molecule is CCCc1c(N)cc(C(=O)O)cc1F. The number of benzene rings is 1. The van der Waals surface area contributed by atoms with Crippen LogP contribution in [-0.4, -0.2) is 11.1 Å². The topological polar surface area (TPSA) is 63.3 Å². The molecule has 0 aliphatic rings. The Balaban J connectivity index is 3.18. The lowest BCUT2D eigenvalue weighted by Crippen LogP contribution is -2.04. The van der Waals surface area contributed by atoms with Gasteiger partial charge in [0.2, 0.25) is 0 Å². The van der Waals surface area contributed by atoms with Gasteiger partial charge in [-0.25, -0.2) is 9.18 Å². The highest BCUT2D eigenvalue weighted by Gasteiger charge is 2.11. The Morgan fingerprint density at radius 1 is 1.57 bits per heavy atom. The summed E-state index contributed by atoms with van der Waals surface area (Å²) in [6.45, 7) is 1.91. The summed E-state index contributed by atoms with van der Waals surface area (Å²) in [5.74, 6) is -1.71. The number of hydrogen-bond acceptors (Lipinski definition) is 2. The molecule has 0 spiro atoms. The lowest BCUT2D eigenvalue weighted by atomic mass is 10.0. The van der Waals surface area contributed by atoms with Gasteiger partial charge in [-0.2, -0.15) is 0 Å². The number of carbonyl (C=O) groups is 1. The minimum absolute atomic E-state index is 0.111. The van der Waals surface area contributed by atoms with Gasteiger partial charge in [-0.1, -0.05) is 13.3 Å². The number of halogens is 1. The summed E-state index contributed by atoms with van der Waals surface area (Å²) >= 11 is 0. The number of carboxylic acids is 1. The van der Waals surface area contributed by atoms with Crippen molar-refractivity contribution in [3.63, 3.8) is 0 Å². The molecule has 1 aromatic rings. The number of nitrogens with two attached hydrogens (primary N) is 1. The summed E-state index contributed by atoms with van der Waals surface area (Å²) < 4.78 is 13.3. The first-order valence-electron chi connectivity index (χ1n) is 4.37. The van der Waals surface area contributed by atoms with Crippen molar-refractivity contribution in [2.24, 2.45) is 0 Å². The third-order valence-electron chi connectivity index (χ3n) is 1.98. The summed E-state index contributed by atoms with van der Waals surface area (Å²) in [7, 11) is 0. The third-order valence-corrected chi connectivity index (χ3v) is 1.98.